The van der Waals surface area contributed by atoms with Crippen molar-refractivity contribution in [3.05, 3.63) is 30.6 Å². The van der Waals surface area contributed by atoms with Crippen LogP contribution in [0.5, 0.6) is 0 Å². The molecule has 1 N–H and O–H groups in total. The van der Waals surface area contributed by atoms with Crippen LogP contribution in [-0.4, -0.2) is 35.1 Å². The minimum Gasteiger partial charge on any atom is -0.354 e. The molecule has 1 aliphatic rings. The zero-order valence-corrected chi connectivity index (χ0v) is 13.6. The van der Waals surface area contributed by atoms with E-state index in [4.69, 9.17) is 0 Å². The largest absolute Gasteiger partial charge is 0.354 e. The van der Waals surface area contributed by atoms with Crippen molar-refractivity contribution in [3.8, 4) is 0 Å². The molecule has 4 heteroatoms. The van der Waals surface area contributed by atoms with Gasteiger partial charge in [0.1, 0.15) is 12.1 Å². The molecule has 0 radical (unpaired) electrons. The Balaban J connectivity index is 1.67. The summed E-state index contributed by atoms with van der Waals surface area (Å²) in [6.07, 6.45) is 6.72. The first-order valence-electron chi connectivity index (χ1n) is 8.48. The van der Waals surface area contributed by atoms with Gasteiger partial charge in [-0.1, -0.05) is 31.9 Å². The van der Waals surface area contributed by atoms with E-state index in [1.807, 2.05) is 6.07 Å². The lowest BCUT2D eigenvalue weighted by atomic mass is 10.1. The van der Waals surface area contributed by atoms with Crippen LogP contribution in [-0.2, 0) is 0 Å². The van der Waals surface area contributed by atoms with E-state index in [1.165, 1.54) is 25.7 Å². The van der Waals surface area contributed by atoms with Gasteiger partial charge in [0.25, 0.3) is 0 Å². The SMILES string of the molecule is CCCCC(C)NC1CCN(c2ncnc3ccccc23)C1. The normalized spacial score (nSPS) is 19.7. The molecule has 0 bridgehead atoms. The van der Waals surface area contributed by atoms with Crippen LogP contribution in [0.15, 0.2) is 30.6 Å². The minimum atomic E-state index is 0.570. The standard InChI is InChI=1S/C18H26N4/c1-3-4-7-14(2)21-15-10-11-22(12-15)18-16-8-5-6-9-17(16)19-13-20-18/h5-6,8-9,13-15,21H,3-4,7,10-12H2,1-2H3. The Kier molecular flexibility index (Phi) is 4.88. The van der Waals surface area contributed by atoms with Crippen LogP contribution in [0.25, 0.3) is 10.9 Å². The molecule has 0 saturated carbocycles. The number of hydrogen-bond acceptors (Lipinski definition) is 4. The first-order valence-corrected chi connectivity index (χ1v) is 8.48. The maximum Gasteiger partial charge on any atom is 0.139 e. The molecular formula is C18H26N4. The highest BCUT2D eigenvalue weighted by molar-refractivity contribution is 5.89. The Morgan fingerprint density at radius 2 is 2.18 bits per heavy atom. The lowest BCUT2D eigenvalue weighted by Gasteiger charge is -2.21. The van der Waals surface area contributed by atoms with Crippen molar-refractivity contribution in [2.24, 2.45) is 0 Å². The Hall–Kier alpha value is -1.68. The number of nitrogens with zero attached hydrogens (tertiary/aromatic N) is 3. The van der Waals surface area contributed by atoms with E-state index < -0.39 is 0 Å². The highest BCUT2D eigenvalue weighted by Crippen LogP contribution is 2.25. The van der Waals surface area contributed by atoms with Crippen LogP contribution in [0.3, 0.4) is 0 Å². The number of para-hydroxylation sites is 1. The topological polar surface area (TPSA) is 41.0 Å². The quantitative estimate of drug-likeness (QED) is 0.887. The Bertz CT molecular complexity index is 608. The maximum atomic E-state index is 4.54. The summed E-state index contributed by atoms with van der Waals surface area (Å²) in [5.74, 6) is 1.08. The maximum absolute atomic E-state index is 4.54. The number of rotatable bonds is 6. The third-order valence-electron chi connectivity index (χ3n) is 4.52. The van der Waals surface area contributed by atoms with Crippen LogP contribution in [0.4, 0.5) is 5.82 Å². The van der Waals surface area contributed by atoms with Crippen molar-refractivity contribution in [2.45, 2.75) is 51.6 Å². The van der Waals surface area contributed by atoms with E-state index in [1.54, 1.807) is 6.33 Å². The number of hydrogen-bond donors (Lipinski definition) is 1. The zero-order valence-electron chi connectivity index (χ0n) is 13.6. The van der Waals surface area contributed by atoms with Gasteiger partial charge >= 0.3 is 0 Å². The Morgan fingerprint density at radius 1 is 1.32 bits per heavy atom. The van der Waals surface area contributed by atoms with Gasteiger partial charge in [-0.05, 0) is 31.9 Å². The Labute approximate surface area is 133 Å². The van der Waals surface area contributed by atoms with Crippen LogP contribution in [0, 0.1) is 0 Å². The lowest BCUT2D eigenvalue weighted by molar-refractivity contribution is 0.436. The second kappa shape index (κ2) is 7.05. The molecule has 118 valence electrons. The smallest absolute Gasteiger partial charge is 0.139 e. The molecule has 2 heterocycles. The van der Waals surface area contributed by atoms with Crippen molar-refractivity contribution in [3.63, 3.8) is 0 Å². The van der Waals surface area contributed by atoms with Crippen molar-refractivity contribution in [1.29, 1.82) is 0 Å². The van der Waals surface area contributed by atoms with Crippen molar-refractivity contribution in [1.82, 2.24) is 15.3 Å². The summed E-state index contributed by atoms with van der Waals surface area (Å²) in [4.78, 5) is 11.3. The predicted molar refractivity (Wildman–Crippen MR) is 92.3 cm³/mol. The molecule has 4 nitrogen and oxygen atoms in total. The molecule has 22 heavy (non-hydrogen) atoms. The molecule has 1 aliphatic heterocycles. The van der Waals surface area contributed by atoms with Crippen molar-refractivity contribution >= 4 is 16.7 Å². The van der Waals surface area contributed by atoms with E-state index in [2.05, 4.69) is 52.2 Å². The third kappa shape index (κ3) is 3.38. The fraction of sp³-hybridized carbons (Fsp3) is 0.556. The molecule has 0 amide bonds. The number of unbranched alkanes of at least 4 members (excludes halogenated alkanes) is 1. The van der Waals surface area contributed by atoms with Gasteiger partial charge in [-0.25, -0.2) is 9.97 Å². The second-order valence-electron chi connectivity index (χ2n) is 6.36. The van der Waals surface area contributed by atoms with Crippen LogP contribution >= 0.6 is 0 Å². The number of anilines is 1. The Morgan fingerprint density at radius 3 is 3.05 bits per heavy atom. The van der Waals surface area contributed by atoms with Crippen LogP contribution in [0.1, 0.15) is 39.5 Å². The molecule has 0 aliphatic carbocycles. The first-order chi connectivity index (χ1) is 10.8. The molecular weight excluding hydrogens is 272 g/mol. The van der Waals surface area contributed by atoms with Crippen LogP contribution in [0.2, 0.25) is 0 Å². The molecule has 2 unspecified atom stereocenters. The fourth-order valence-electron chi connectivity index (χ4n) is 3.33. The first kappa shape index (κ1) is 15.2. The molecule has 3 rings (SSSR count). The van der Waals surface area contributed by atoms with Gasteiger partial charge in [0, 0.05) is 30.6 Å². The average Bonchev–Trinajstić information content (AvgIpc) is 3.00. The second-order valence-corrected chi connectivity index (χ2v) is 6.36. The van der Waals surface area contributed by atoms with E-state index in [0.717, 1.165) is 29.8 Å². The molecule has 0 spiro atoms. The summed E-state index contributed by atoms with van der Waals surface area (Å²) in [6, 6.07) is 9.44. The van der Waals surface area contributed by atoms with Gasteiger partial charge < -0.3 is 10.2 Å². The van der Waals surface area contributed by atoms with Gasteiger partial charge in [-0.2, -0.15) is 0 Å². The molecule has 1 fully saturated rings. The minimum absolute atomic E-state index is 0.570. The predicted octanol–water partition coefficient (Wildman–Crippen LogP) is 3.38. The molecule has 2 aromatic rings. The highest BCUT2D eigenvalue weighted by Gasteiger charge is 2.25. The zero-order chi connectivity index (χ0) is 15.4. The van der Waals surface area contributed by atoms with E-state index in [0.29, 0.717) is 12.1 Å². The summed E-state index contributed by atoms with van der Waals surface area (Å²) in [7, 11) is 0. The number of benzene rings is 1. The monoisotopic (exact) mass is 298 g/mol. The van der Waals surface area contributed by atoms with Gasteiger partial charge in [0.15, 0.2) is 0 Å². The summed E-state index contributed by atoms with van der Waals surface area (Å²) in [5, 5.41) is 4.93. The third-order valence-corrected chi connectivity index (χ3v) is 4.52. The lowest BCUT2D eigenvalue weighted by Crippen LogP contribution is -2.38. The van der Waals surface area contributed by atoms with E-state index in [9.17, 15) is 0 Å². The molecule has 1 aromatic carbocycles. The van der Waals surface area contributed by atoms with Crippen LogP contribution < -0.4 is 10.2 Å². The summed E-state index contributed by atoms with van der Waals surface area (Å²) >= 11 is 0. The van der Waals surface area contributed by atoms with Gasteiger partial charge in [0.05, 0.1) is 5.52 Å². The van der Waals surface area contributed by atoms with E-state index in [-0.39, 0.29) is 0 Å². The summed E-state index contributed by atoms with van der Waals surface area (Å²) < 4.78 is 0. The van der Waals surface area contributed by atoms with Crippen molar-refractivity contribution < 1.29 is 0 Å². The molecule has 1 aromatic heterocycles. The van der Waals surface area contributed by atoms with Gasteiger partial charge in [0.2, 0.25) is 0 Å². The molecule has 1 saturated heterocycles. The van der Waals surface area contributed by atoms with Gasteiger partial charge in [-0.3, -0.25) is 0 Å². The molecule has 2 atom stereocenters. The number of aromatic nitrogens is 2. The summed E-state index contributed by atoms with van der Waals surface area (Å²) in [5.41, 5.74) is 1.03. The number of nitrogens with one attached hydrogen (secondary N) is 1. The van der Waals surface area contributed by atoms with E-state index >= 15 is 0 Å². The fourth-order valence-corrected chi connectivity index (χ4v) is 3.33. The van der Waals surface area contributed by atoms with Crippen molar-refractivity contribution in [2.75, 3.05) is 18.0 Å². The number of fused-ring (bicyclic) bond motifs is 1. The van der Waals surface area contributed by atoms with Gasteiger partial charge in [-0.15, -0.1) is 0 Å². The summed E-state index contributed by atoms with van der Waals surface area (Å²) in [6.45, 7) is 6.67. The highest BCUT2D eigenvalue weighted by atomic mass is 15.2. The average molecular weight is 298 g/mol.